The summed E-state index contributed by atoms with van der Waals surface area (Å²) in [5.74, 6) is 0.770. The van der Waals surface area contributed by atoms with Crippen LogP contribution in [0.25, 0.3) is 0 Å². The average Bonchev–Trinajstić information content (AvgIpc) is 3.25. The number of aryl methyl sites for hydroxylation is 2. The van der Waals surface area contributed by atoms with Crippen LogP contribution in [0.4, 0.5) is 5.69 Å². The van der Waals surface area contributed by atoms with Crippen LogP contribution in [0.3, 0.4) is 0 Å². The van der Waals surface area contributed by atoms with Gasteiger partial charge < -0.3 is 14.4 Å². The monoisotopic (exact) mass is 427 g/mol. The van der Waals surface area contributed by atoms with Gasteiger partial charge in [-0.05, 0) is 24.1 Å². The Morgan fingerprint density at radius 3 is 2.59 bits per heavy atom. The Morgan fingerprint density at radius 2 is 1.91 bits per heavy atom. The molecule has 1 aliphatic rings. The van der Waals surface area contributed by atoms with E-state index in [4.69, 9.17) is 4.99 Å². The third-order valence-corrected chi connectivity index (χ3v) is 5.65. The Bertz CT molecular complexity index is 1160. The minimum atomic E-state index is -0.211. The summed E-state index contributed by atoms with van der Waals surface area (Å²) in [6, 6.07) is 17.5. The van der Waals surface area contributed by atoms with Gasteiger partial charge in [-0.1, -0.05) is 48.5 Å². The molecule has 162 valence electrons. The zero-order valence-corrected chi connectivity index (χ0v) is 18.1. The lowest BCUT2D eigenvalue weighted by Gasteiger charge is -2.42. The van der Waals surface area contributed by atoms with Gasteiger partial charge in [0.25, 0.3) is 5.91 Å². The maximum atomic E-state index is 13.3. The zero-order valence-electron chi connectivity index (χ0n) is 18.1. The number of hydrogen-bond acceptors (Lipinski definition) is 4. The van der Waals surface area contributed by atoms with Crippen LogP contribution in [0.5, 0.6) is 0 Å². The molecule has 1 N–H and O–H groups in total. The predicted molar refractivity (Wildman–Crippen MR) is 122 cm³/mol. The van der Waals surface area contributed by atoms with Crippen LogP contribution in [0.1, 0.15) is 27.8 Å². The molecule has 0 spiro atoms. The molecule has 8 nitrogen and oxygen atoms in total. The van der Waals surface area contributed by atoms with Crippen molar-refractivity contribution in [2.45, 2.75) is 13.0 Å². The van der Waals surface area contributed by atoms with Crippen LogP contribution in [0.15, 0.2) is 72.0 Å². The molecule has 8 heteroatoms. The first-order valence-corrected chi connectivity index (χ1v) is 10.5. The van der Waals surface area contributed by atoms with Crippen LogP contribution in [0, 0.1) is 18.4 Å². The highest BCUT2D eigenvalue weighted by atomic mass is 16.2. The number of carbonyl (C=O) groups is 1. The number of nitriles is 1. The van der Waals surface area contributed by atoms with E-state index in [2.05, 4.69) is 10.3 Å². The Balaban J connectivity index is 1.67. The molecule has 1 atom stereocenters. The molecular formula is C24H25N7O. The molecule has 2 aromatic carbocycles. The number of carbonyl (C=O) groups excluding carboxylic acids is 1. The highest BCUT2D eigenvalue weighted by Crippen LogP contribution is 2.28. The number of aromatic nitrogens is 2. The quantitative estimate of drug-likeness (QED) is 0.300. The van der Waals surface area contributed by atoms with Crippen LogP contribution in [-0.2, 0) is 7.05 Å². The van der Waals surface area contributed by atoms with E-state index in [-0.39, 0.29) is 11.9 Å². The zero-order chi connectivity index (χ0) is 22.5. The number of rotatable bonds is 3. The van der Waals surface area contributed by atoms with Crippen molar-refractivity contribution in [3.05, 3.63) is 83.9 Å². The van der Waals surface area contributed by atoms with E-state index in [0.717, 1.165) is 16.8 Å². The first-order chi connectivity index (χ1) is 15.6. The number of para-hydroxylation sites is 1. The Morgan fingerprint density at radius 1 is 1.16 bits per heavy atom. The number of nitrogens with zero attached hydrogens (tertiary/aromatic N) is 6. The molecule has 1 aliphatic heterocycles. The lowest BCUT2D eigenvalue weighted by atomic mass is 10.0. The first-order valence-electron chi connectivity index (χ1n) is 10.5. The van der Waals surface area contributed by atoms with E-state index in [1.54, 1.807) is 17.0 Å². The number of benzene rings is 2. The van der Waals surface area contributed by atoms with Gasteiger partial charge in [-0.15, -0.1) is 0 Å². The van der Waals surface area contributed by atoms with Crippen molar-refractivity contribution in [3.63, 3.8) is 0 Å². The fourth-order valence-corrected chi connectivity index (χ4v) is 3.91. The largest absolute Gasteiger partial charge is 0.338 e. The van der Waals surface area contributed by atoms with E-state index in [9.17, 15) is 10.1 Å². The number of hydrogen-bond donors (Lipinski definition) is 1. The minimum Gasteiger partial charge on any atom is -0.338 e. The fraction of sp³-hybridized carbons (Fsp3) is 0.250. The molecule has 0 radical (unpaired) electrons. The topological polar surface area (TPSA) is 89.6 Å². The number of aliphatic imine (C=N–C) groups is 1. The number of imidazole rings is 1. The Hall–Kier alpha value is -4.12. The van der Waals surface area contributed by atoms with Crippen molar-refractivity contribution in [1.29, 1.82) is 5.26 Å². The smallest absolute Gasteiger partial charge is 0.290 e. The van der Waals surface area contributed by atoms with Gasteiger partial charge >= 0.3 is 0 Å². The van der Waals surface area contributed by atoms with Gasteiger partial charge in [-0.25, -0.2) is 9.98 Å². The van der Waals surface area contributed by atoms with Crippen molar-refractivity contribution in [3.8, 4) is 6.19 Å². The van der Waals surface area contributed by atoms with Gasteiger partial charge in [0.15, 0.2) is 12.0 Å². The molecule has 0 bridgehead atoms. The van der Waals surface area contributed by atoms with Gasteiger partial charge in [0, 0.05) is 39.1 Å². The summed E-state index contributed by atoms with van der Waals surface area (Å²) >= 11 is 0. The van der Waals surface area contributed by atoms with Crippen LogP contribution < -0.4 is 5.32 Å². The summed E-state index contributed by atoms with van der Waals surface area (Å²) in [5.41, 5.74) is 2.84. The summed E-state index contributed by atoms with van der Waals surface area (Å²) in [6.07, 6.45) is 5.41. The molecule has 3 aromatic rings. The highest BCUT2D eigenvalue weighted by molar-refractivity contribution is 5.91. The molecule has 1 amide bonds. The van der Waals surface area contributed by atoms with Crippen molar-refractivity contribution < 1.29 is 4.79 Å². The second-order valence-electron chi connectivity index (χ2n) is 7.69. The molecule has 0 saturated carbocycles. The Labute approximate surface area is 187 Å². The number of piperazine rings is 1. The third kappa shape index (κ3) is 4.32. The van der Waals surface area contributed by atoms with Gasteiger partial charge in [-0.2, -0.15) is 5.26 Å². The average molecular weight is 428 g/mol. The SMILES string of the molecule is Cc1ccccc1N=C(NC#N)N1CCN(C(=O)c2nccn2C)C(c2ccccc2)C1. The fourth-order valence-electron chi connectivity index (χ4n) is 3.91. The number of amides is 1. The van der Waals surface area contributed by atoms with E-state index < -0.39 is 0 Å². The summed E-state index contributed by atoms with van der Waals surface area (Å²) < 4.78 is 1.74. The Kier molecular flexibility index (Phi) is 6.17. The molecular weight excluding hydrogens is 402 g/mol. The first kappa shape index (κ1) is 21.1. The van der Waals surface area contributed by atoms with E-state index in [1.165, 1.54) is 0 Å². The maximum Gasteiger partial charge on any atom is 0.290 e. The number of nitrogens with one attached hydrogen (secondary N) is 1. The van der Waals surface area contributed by atoms with Crippen molar-refractivity contribution in [2.24, 2.45) is 12.0 Å². The second kappa shape index (κ2) is 9.35. The van der Waals surface area contributed by atoms with Crippen molar-refractivity contribution in [1.82, 2.24) is 24.7 Å². The lowest BCUT2D eigenvalue weighted by Crippen LogP contribution is -2.54. The summed E-state index contributed by atoms with van der Waals surface area (Å²) in [6.45, 7) is 3.50. The summed E-state index contributed by atoms with van der Waals surface area (Å²) in [4.78, 5) is 26.2. The lowest BCUT2D eigenvalue weighted by molar-refractivity contribution is 0.0531. The molecule has 1 unspecified atom stereocenters. The molecule has 4 rings (SSSR count). The van der Waals surface area contributed by atoms with Gasteiger partial charge in [0.05, 0.1) is 11.7 Å². The standard InChI is InChI=1S/C24H25N7O/c1-18-8-6-7-11-20(18)28-24(27-17-25)30-14-15-31(23(32)22-26-12-13-29(22)2)21(16-30)19-9-4-3-5-10-19/h3-13,21H,14-16H2,1-2H3,(H,27,28). The van der Waals surface area contributed by atoms with Gasteiger partial charge in [-0.3, -0.25) is 10.1 Å². The van der Waals surface area contributed by atoms with E-state index in [0.29, 0.717) is 31.4 Å². The van der Waals surface area contributed by atoms with E-state index in [1.807, 2.05) is 84.6 Å². The second-order valence-corrected chi connectivity index (χ2v) is 7.69. The molecule has 2 heterocycles. The van der Waals surface area contributed by atoms with E-state index >= 15 is 0 Å². The van der Waals surface area contributed by atoms with Crippen molar-refractivity contribution in [2.75, 3.05) is 19.6 Å². The van der Waals surface area contributed by atoms with Gasteiger partial charge in [0.1, 0.15) is 0 Å². The summed E-state index contributed by atoms with van der Waals surface area (Å²) in [5, 5.41) is 12.1. The molecule has 1 saturated heterocycles. The van der Waals surface area contributed by atoms with Crippen LogP contribution in [-0.4, -0.2) is 50.9 Å². The van der Waals surface area contributed by atoms with Gasteiger partial charge in [0.2, 0.25) is 5.96 Å². The molecule has 32 heavy (non-hydrogen) atoms. The van der Waals surface area contributed by atoms with Crippen molar-refractivity contribution >= 4 is 17.6 Å². The third-order valence-electron chi connectivity index (χ3n) is 5.65. The molecule has 0 aliphatic carbocycles. The molecule has 1 aromatic heterocycles. The highest BCUT2D eigenvalue weighted by Gasteiger charge is 2.34. The van der Waals surface area contributed by atoms with Crippen LogP contribution in [0.2, 0.25) is 0 Å². The van der Waals surface area contributed by atoms with Crippen LogP contribution >= 0.6 is 0 Å². The normalized spacial score (nSPS) is 16.5. The summed E-state index contributed by atoms with van der Waals surface area (Å²) in [7, 11) is 1.82. The maximum absolute atomic E-state index is 13.3. The predicted octanol–water partition coefficient (Wildman–Crippen LogP) is 2.99. The molecule has 1 fully saturated rings. The minimum absolute atomic E-state index is 0.114. The number of guanidine groups is 1.